The lowest BCUT2D eigenvalue weighted by atomic mass is 9.75. The van der Waals surface area contributed by atoms with Gasteiger partial charge in [-0.05, 0) is 43.6 Å². The van der Waals surface area contributed by atoms with E-state index in [0.29, 0.717) is 11.8 Å². The average Bonchev–Trinajstić information content (AvgIpc) is 2.88. The third kappa shape index (κ3) is 3.10. The van der Waals surface area contributed by atoms with Crippen molar-refractivity contribution < 1.29 is 5.11 Å². The zero-order valence-corrected chi connectivity index (χ0v) is 12.6. The number of rotatable bonds is 3. The van der Waals surface area contributed by atoms with Gasteiger partial charge in [0.05, 0.1) is 11.1 Å². The van der Waals surface area contributed by atoms with Crippen molar-refractivity contribution in [3.05, 3.63) is 52.0 Å². The van der Waals surface area contributed by atoms with Crippen LogP contribution in [0.5, 0.6) is 0 Å². The van der Waals surface area contributed by atoms with Crippen molar-refractivity contribution in [1.82, 2.24) is 4.98 Å². The number of hydrogen-bond acceptors (Lipinski definition) is 3. The molecule has 3 unspecified atom stereocenters. The summed E-state index contributed by atoms with van der Waals surface area (Å²) in [6, 6.07) is 10.7. The van der Waals surface area contributed by atoms with E-state index < -0.39 is 0 Å². The Morgan fingerprint density at radius 3 is 2.75 bits per heavy atom. The van der Waals surface area contributed by atoms with E-state index in [2.05, 4.69) is 40.7 Å². The smallest absolute Gasteiger partial charge is 0.0931 e. The summed E-state index contributed by atoms with van der Waals surface area (Å²) < 4.78 is 0. The summed E-state index contributed by atoms with van der Waals surface area (Å²) in [6.07, 6.45) is 3.83. The predicted octanol–water partition coefficient (Wildman–Crippen LogP) is 3.94. The summed E-state index contributed by atoms with van der Waals surface area (Å²) >= 11 is 1.72. The van der Waals surface area contributed by atoms with Gasteiger partial charge in [0.1, 0.15) is 0 Å². The zero-order valence-electron chi connectivity index (χ0n) is 11.8. The van der Waals surface area contributed by atoms with Crippen LogP contribution in [0.25, 0.3) is 0 Å². The molecule has 2 nitrogen and oxygen atoms in total. The minimum absolute atomic E-state index is 0.167. The van der Waals surface area contributed by atoms with Gasteiger partial charge in [0, 0.05) is 17.5 Å². The number of benzene rings is 1. The fourth-order valence-electron chi connectivity index (χ4n) is 3.22. The second-order valence-corrected chi connectivity index (χ2v) is 6.78. The highest BCUT2D eigenvalue weighted by Gasteiger charge is 2.30. The fraction of sp³-hybridized carbons (Fsp3) is 0.471. The first-order valence-electron chi connectivity index (χ1n) is 7.36. The van der Waals surface area contributed by atoms with Gasteiger partial charge in [0.25, 0.3) is 0 Å². The molecule has 0 radical (unpaired) electrons. The van der Waals surface area contributed by atoms with E-state index in [-0.39, 0.29) is 6.10 Å². The topological polar surface area (TPSA) is 33.1 Å². The van der Waals surface area contributed by atoms with Crippen molar-refractivity contribution in [2.24, 2.45) is 5.92 Å². The normalized spacial score (nSPS) is 26.6. The van der Waals surface area contributed by atoms with Crippen LogP contribution in [-0.2, 0) is 6.42 Å². The highest BCUT2D eigenvalue weighted by atomic mass is 32.1. The average molecular weight is 287 g/mol. The lowest BCUT2D eigenvalue weighted by Crippen LogP contribution is -2.29. The van der Waals surface area contributed by atoms with E-state index in [1.165, 1.54) is 10.6 Å². The largest absolute Gasteiger partial charge is 0.393 e. The summed E-state index contributed by atoms with van der Waals surface area (Å²) in [5.74, 6) is 0.935. The van der Waals surface area contributed by atoms with Crippen LogP contribution < -0.4 is 0 Å². The zero-order chi connectivity index (χ0) is 13.9. The number of aliphatic hydroxyl groups excluding tert-OH is 1. The number of aliphatic hydroxyl groups is 1. The van der Waals surface area contributed by atoms with E-state index in [1.807, 2.05) is 6.92 Å². The molecule has 20 heavy (non-hydrogen) atoms. The van der Waals surface area contributed by atoms with E-state index >= 15 is 0 Å². The van der Waals surface area contributed by atoms with Gasteiger partial charge >= 0.3 is 0 Å². The summed E-state index contributed by atoms with van der Waals surface area (Å²) in [7, 11) is 0. The van der Waals surface area contributed by atoms with Gasteiger partial charge in [-0.3, -0.25) is 0 Å². The molecule has 0 bridgehead atoms. The van der Waals surface area contributed by atoms with Crippen molar-refractivity contribution in [2.75, 3.05) is 0 Å². The van der Waals surface area contributed by atoms with Gasteiger partial charge in [0.15, 0.2) is 0 Å². The molecule has 1 saturated carbocycles. The molecule has 1 fully saturated rings. The maximum Gasteiger partial charge on any atom is 0.0931 e. The molecule has 1 aliphatic rings. The highest BCUT2D eigenvalue weighted by molar-refractivity contribution is 7.09. The van der Waals surface area contributed by atoms with Crippen LogP contribution in [0, 0.1) is 12.8 Å². The van der Waals surface area contributed by atoms with E-state index in [9.17, 15) is 5.11 Å². The molecular formula is C17H21NOS. The Morgan fingerprint density at radius 1 is 1.25 bits per heavy atom. The second kappa shape index (κ2) is 6.06. The van der Waals surface area contributed by atoms with E-state index in [1.54, 1.807) is 11.3 Å². The molecule has 3 atom stereocenters. The summed E-state index contributed by atoms with van der Waals surface area (Å²) in [6.45, 7) is 2.03. The molecule has 3 rings (SSSR count). The predicted molar refractivity (Wildman–Crippen MR) is 83.1 cm³/mol. The Morgan fingerprint density at radius 2 is 2.05 bits per heavy atom. The second-order valence-electron chi connectivity index (χ2n) is 5.83. The first-order valence-corrected chi connectivity index (χ1v) is 8.24. The van der Waals surface area contributed by atoms with Gasteiger partial charge in [-0.2, -0.15) is 0 Å². The minimum atomic E-state index is -0.167. The van der Waals surface area contributed by atoms with E-state index in [0.717, 1.165) is 31.4 Å². The SMILES string of the molecule is Cc1csc(CC2CC(c3ccccc3)CCC2O)n1. The lowest BCUT2D eigenvalue weighted by Gasteiger charge is -2.33. The molecule has 1 aliphatic carbocycles. The molecule has 0 amide bonds. The molecule has 0 saturated heterocycles. The number of aromatic nitrogens is 1. The summed E-state index contributed by atoms with van der Waals surface area (Å²) in [4.78, 5) is 4.54. The standard InChI is InChI=1S/C17H21NOS/c1-12-11-20-17(18-12)10-15-9-14(7-8-16(15)19)13-5-3-2-4-6-13/h2-6,11,14-16,19H,7-10H2,1H3. The quantitative estimate of drug-likeness (QED) is 0.927. The van der Waals surface area contributed by atoms with Crippen LogP contribution in [0.2, 0.25) is 0 Å². The summed E-state index contributed by atoms with van der Waals surface area (Å²) in [5, 5.41) is 13.5. The number of nitrogens with zero attached hydrogens (tertiary/aromatic N) is 1. The first-order chi connectivity index (χ1) is 9.72. The Labute approximate surface area is 124 Å². The molecule has 1 heterocycles. The Kier molecular flexibility index (Phi) is 4.18. The molecule has 1 N–H and O–H groups in total. The number of thiazole rings is 1. The van der Waals surface area contributed by atoms with Crippen molar-refractivity contribution in [2.45, 2.75) is 44.6 Å². The molecule has 1 aromatic carbocycles. The highest BCUT2D eigenvalue weighted by Crippen LogP contribution is 2.38. The number of aryl methyl sites for hydroxylation is 1. The van der Waals surface area contributed by atoms with Crippen LogP contribution in [0.4, 0.5) is 0 Å². The Balaban J connectivity index is 1.70. The lowest BCUT2D eigenvalue weighted by molar-refractivity contribution is 0.0619. The maximum atomic E-state index is 10.3. The van der Waals surface area contributed by atoms with Crippen LogP contribution in [0.15, 0.2) is 35.7 Å². The van der Waals surface area contributed by atoms with Crippen molar-refractivity contribution >= 4 is 11.3 Å². The van der Waals surface area contributed by atoms with E-state index in [4.69, 9.17) is 0 Å². The van der Waals surface area contributed by atoms with Gasteiger partial charge in [-0.25, -0.2) is 4.98 Å². The molecule has 0 aliphatic heterocycles. The third-order valence-corrected chi connectivity index (χ3v) is 5.31. The molecule has 106 valence electrons. The molecule has 2 aromatic rings. The Bertz CT molecular complexity index is 551. The van der Waals surface area contributed by atoms with Crippen LogP contribution >= 0.6 is 11.3 Å². The minimum Gasteiger partial charge on any atom is -0.393 e. The molecule has 0 spiro atoms. The monoisotopic (exact) mass is 287 g/mol. The van der Waals surface area contributed by atoms with Crippen molar-refractivity contribution in [1.29, 1.82) is 0 Å². The van der Waals surface area contributed by atoms with Gasteiger partial charge in [-0.1, -0.05) is 30.3 Å². The molecule has 1 aromatic heterocycles. The fourth-order valence-corrected chi connectivity index (χ4v) is 4.08. The van der Waals surface area contributed by atoms with Gasteiger partial charge in [-0.15, -0.1) is 11.3 Å². The number of hydrogen-bond donors (Lipinski definition) is 1. The molecule has 3 heteroatoms. The van der Waals surface area contributed by atoms with Crippen molar-refractivity contribution in [3.63, 3.8) is 0 Å². The van der Waals surface area contributed by atoms with Crippen LogP contribution in [0.1, 0.15) is 41.4 Å². The van der Waals surface area contributed by atoms with Gasteiger partial charge < -0.3 is 5.11 Å². The van der Waals surface area contributed by atoms with Gasteiger partial charge in [0.2, 0.25) is 0 Å². The maximum absolute atomic E-state index is 10.3. The van der Waals surface area contributed by atoms with Crippen LogP contribution in [-0.4, -0.2) is 16.2 Å². The first kappa shape index (κ1) is 13.8. The van der Waals surface area contributed by atoms with Crippen molar-refractivity contribution in [3.8, 4) is 0 Å². The van der Waals surface area contributed by atoms with Crippen LogP contribution in [0.3, 0.4) is 0 Å². The summed E-state index contributed by atoms with van der Waals surface area (Å²) in [5.41, 5.74) is 2.51. The molecular weight excluding hydrogens is 266 g/mol. The third-order valence-electron chi connectivity index (χ3n) is 4.32. The Hall–Kier alpha value is -1.19.